The van der Waals surface area contributed by atoms with Gasteiger partial charge in [-0.2, -0.15) is 0 Å². The standard InChI is InChI=1S/C19H15Br2FN2O4/c1-10-14(9-27-13-5-3-12(26-2)4-6-13)17(24-28-10)19(25)23-18-15(20)7-11(22)8-16(18)21/h3-8H,9H2,1-2H3,(H,23,25). The van der Waals surface area contributed by atoms with E-state index >= 15 is 0 Å². The number of hydrogen-bond acceptors (Lipinski definition) is 5. The summed E-state index contributed by atoms with van der Waals surface area (Å²) in [5, 5.41) is 6.53. The van der Waals surface area contributed by atoms with E-state index in [1.807, 2.05) is 0 Å². The average molecular weight is 514 g/mol. The van der Waals surface area contributed by atoms with Gasteiger partial charge >= 0.3 is 0 Å². The third-order valence-corrected chi connectivity index (χ3v) is 5.14. The van der Waals surface area contributed by atoms with Crippen LogP contribution in [0.25, 0.3) is 0 Å². The summed E-state index contributed by atoms with van der Waals surface area (Å²) in [5.41, 5.74) is 0.992. The lowest BCUT2D eigenvalue weighted by molar-refractivity contribution is 0.101. The number of anilines is 1. The van der Waals surface area contributed by atoms with Crippen molar-refractivity contribution < 1.29 is 23.2 Å². The van der Waals surface area contributed by atoms with Gasteiger partial charge in [-0.15, -0.1) is 0 Å². The van der Waals surface area contributed by atoms with Gasteiger partial charge in [-0.1, -0.05) is 5.16 Å². The molecule has 2 aromatic carbocycles. The number of nitrogens with zero attached hydrogens (tertiary/aromatic N) is 1. The first kappa shape index (κ1) is 20.3. The molecule has 0 fully saturated rings. The molecule has 0 aliphatic heterocycles. The number of rotatable bonds is 6. The molecule has 28 heavy (non-hydrogen) atoms. The van der Waals surface area contributed by atoms with E-state index in [0.717, 1.165) is 0 Å². The molecule has 1 amide bonds. The Labute approximate surface area is 177 Å². The number of hydrogen-bond donors (Lipinski definition) is 1. The van der Waals surface area contributed by atoms with Crippen molar-refractivity contribution >= 4 is 43.5 Å². The number of aryl methyl sites for hydroxylation is 1. The molecule has 0 saturated carbocycles. The molecule has 1 aromatic heterocycles. The second-order valence-corrected chi connectivity index (χ2v) is 7.44. The summed E-state index contributed by atoms with van der Waals surface area (Å²) in [4.78, 5) is 12.7. The fourth-order valence-electron chi connectivity index (χ4n) is 2.40. The smallest absolute Gasteiger partial charge is 0.278 e. The van der Waals surface area contributed by atoms with Crippen LogP contribution in [-0.4, -0.2) is 18.2 Å². The molecule has 3 aromatic rings. The molecule has 0 spiro atoms. The van der Waals surface area contributed by atoms with E-state index in [1.165, 1.54) is 12.1 Å². The molecule has 1 N–H and O–H groups in total. The number of benzene rings is 2. The zero-order valence-corrected chi connectivity index (χ0v) is 18.1. The molecule has 146 valence electrons. The van der Waals surface area contributed by atoms with Crippen LogP contribution in [0.1, 0.15) is 21.8 Å². The third kappa shape index (κ3) is 4.53. The molecule has 0 unspecified atom stereocenters. The van der Waals surface area contributed by atoms with Gasteiger partial charge in [-0.25, -0.2) is 4.39 Å². The van der Waals surface area contributed by atoms with Crippen molar-refractivity contribution in [2.45, 2.75) is 13.5 Å². The Morgan fingerprint density at radius 1 is 1.18 bits per heavy atom. The number of carbonyl (C=O) groups is 1. The van der Waals surface area contributed by atoms with Crippen LogP contribution < -0.4 is 14.8 Å². The first-order valence-electron chi connectivity index (χ1n) is 8.07. The molecular formula is C19H15Br2FN2O4. The molecule has 0 atom stereocenters. The van der Waals surface area contributed by atoms with Crippen molar-refractivity contribution in [2.75, 3.05) is 12.4 Å². The highest BCUT2D eigenvalue weighted by atomic mass is 79.9. The zero-order valence-electron chi connectivity index (χ0n) is 14.9. The van der Waals surface area contributed by atoms with Crippen LogP contribution in [0.5, 0.6) is 11.5 Å². The van der Waals surface area contributed by atoms with Crippen LogP contribution in [-0.2, 0) is 6.61 Å². The van der Waals surface area contributed by atoms with Gasteiger partial charge in [0.25, 0.3) is 5.91 Å². The van der Waals surface area contributed by atoms with Crippen LogP contribution >= 0.6 is 31.9 Å². The normalized spacial score (nSPS) is 10.6. The maximum atomic E-state index is 13.4. The minimum absolute atomic E-state index is 0.0918. The largest absolute Gasteiger partial charge is 0.497 e. The van der Waals surface area contributed by atoms with Crippen molar-refractivity contribution in [1.82, 2.24) is 5.16 Å². The van der Waals surface area contributed by atoms with Crippen molar-refractivity contribution in [2.24, 2.45) is 0 Å². The van der Waals surface area contributed by atoms with Crippen LogP contribution in [0.3, 0.4) is 0 Å². The fourth-order valence-corrected chi connectivity index (χ4v) is 3.73. The summed E-state index contributed by atoms with van der Waals surface area (Å²) >= 11 is 6.46. The van der Waals surface area contributed by atoms with Crippen LogP contribution in [0.4, 0.5) is 10.1 Å². The maximum Gasteiger partial charge on any atom is 0.278 e. The topological polar surface area (TPSA) is 73.6 Å². The van der Waals surface area contributed by atoms with Crippen LogP contribution in [0, 0.1) is 12.7 Å². The number of methoxy groups -OCH3 is 1. The lowest BCUT2D eigenvalue weighted by Gasteiger charge is -2.10. The Morgan fingerprint density at radius 3 is 2.39 bits per heavy atom. The van der Waals surface area contributed by atoms with Gasteiger partial charge < -0.3 is 19.3 Å². The summed E-state index contributed by atoms with van der Waals surface area (Å²) in [6.07, 6.45) is 0. The highest BCUT2D eigenvalue weighted by Gasteiger charge is 2.22. The van der Waals surface area contributed by atoms with Gasteiger partial charge in [-0.3, -0.25) is 4.79 Å². The Kier molecular flexibility index (Phi) is 6.35. The quantitative estimate of drug-likeness (QED) is 0.472. The van der Waals surface area contributed by atoms with Gasteiger partial charge in [0, 0.05) is 8.95 Å². The highest BCUT2D eigenvalue weighted by molar-refractivity contribution is 9.11. The van der Waals surface area contributed by atoms with Crippen molar-refractivity contribution in [1.29, 1.82) is 0 Å². The molecule has 6 nitrogen and oxygen atoms in total. The number of carbonyl (C=O) groups excluding carboxylic acids is 1. The minimum Gasteiger partial charge on any atom is -0.497 e. The van der Waals surface area contributed by atoms with E-state index < -0.39 is 11.7 Å². The second kappa shape index (κ2) is 8.74. The van der Waals surface area contributed by atoms with Gasteiger partial charge in [0.05, 0.1) is 18.4 Å². The number of halogens is 3. The number of amides is 1. The SMILES string of the molecule is COc1ccc(OCc2c(C(=O)Nc3c(Br)cc(F)cc3Br)noc2C)cc1. The maximum absolute atomic E-state index is 13.4. The molecule has 1 heterocycles. The number of nitrogens with one attached hydrogen (secondary N) is 1. The van der Waals surface area contributed by atoms with E-state index in [4.69, 9.17) is 14.0 Å². The summed E-state index contributed by atoms with van der Waals surface area (Å²) in [6.45, 7) is 1.79. The van der Waals surface area contributed by atoms with Crippen LogP contribution in [0.2, 0.25) is 0 Å². The fraction of sp³-hybridized carbons (Fsp3) is 0.158. The summed E-state index contributed by atoms with van der Waals surface area (Å²) < 4.78 is 30.2. The third-order valence-electron chi connectivity index (χ3n) is 3.89. The zero-order chi connectivity index (χ0) is 20.3. The van der Waals surface area contributed by atoms with Gasteiger partial charge in [0.2, 0.25) is 0 Å². The highest BCUT2D eigenvalue weighted by Crippen LogP contribution is 2.32. The van der Waals surface area contributed by atoms with E-state index in [9.17, 15) is 9.18 Å². The Hall–Kier alpha value is -2.39. The second-order valence-electron chi connectivity index (χ2n) is 5.73. The monoisotopic (exact) mass is 512 g/mol. The molecule has 0 bridgehead atoms. The van der Waals surface area contributed by atoms with Gasteiger partial charge in [-0.05, 0) is 75.2 Å². The summed E-state index contributed by atoms with van der Waals surface area (Å²) in [6, 6.07) is 9.56. The van der Waals surface area contributed by atoms with Crippen molar-refractivity contribution in [3.8, 4) is 11.5 Å². The number of aromatic nitrogens is 1. The first-order chi connectivity index (χ1) is 13.4. The molecule has 0 aliphatic rings. The minimum atomic E-state index is -0.502. The molecule has 3 rings (SSSR count). The van der Waals surface area contributed by atoms with Gasteiger partial charge in [0.15, 0.2) is 5.69 Å². The molecular weight excluding hydrogens is 499 g/mol. The van der Waals surface area contributed by atoms with Crippen LogP contribution in [0.15, 0.2) is 49.9 Å². The van der Waals surface area contributed by atoms with E-state index in [2.05, 4.69) is 42.3 Å². The summed E-state index contributed by atoms with van der Waals surface area (Å²) in [7, 11) is 1.58. The van der Waals surface area contributed by atoms with Crippen molar-refractivity contribution in [3.05, 3.63) is 68.2 Å². The Morgan fingerprint density at radius 2 is 1.79 bits per heavy atom. The first-order valence-corrected chi connectivity index (χ1v) is 9.65. The van der Waals surface area contributed by atoms with Crippen molar-refractivity contribution in [3.63, 3.8) is 0 Å². The lowest BCUT2D eigenvalue weighted by atomic mass is 10.2. The predicted molar refractivity (Wildman–Crippen MR) is 108 cm³/mol. The number of ether oxygens (including phenoxy) is 2. The summed E-state index contributed by atoms with van der Waals surface area (Å²) in [5.74, 6) is 0.845. The van der Waals surface area contributed by atoms with Gasteiger partial charge in [0.1, 0.15) is 29.7 Å². The Bertz CT molecular complexity index is 983. The molecule has 0 radical (unpaired) electrons. The van der Waals surface area contributed by atoms with E-state index in [0.29, 0.717) is 37.5 Å². The Balaban J connectivity index is 1.77. The molecule has 9 heteroatoms. The molecule has 0 aliphatic carbocycles. The van der Waals surface area contributed by atoms with E-state index in [1.54, 1.807) is 38.3 Å². The average Bonchev–Trinajstić information content (AvgIpc) is 3.04. The van der Waals surface area contributed by atoms with E-state index in [-0.39, 0.29) is 12.3 Å². The predicted octanol–water partition coefficient (Wildman–Crippen LogP) is 5.49. The lowest BCUT2D eigenvalue weighted by Crippen LogP contribution is -2.16. The molecule has 0 saturated heterocycles.